The highest BCUT2D eigenvalue weighted by Gasteiger charge is 2.18. The molecule has 2 rings (SSSR count). The van der Waals surface area contributed by atoms with Gasteiger partial charge >= 0.3 is 0 Å². The molecule has 2 aromatic carbocycles. The Morgan fingerprint density at radius 1 is 0.396 bits per heavy atom. The van der Waals surface area contributed by atoms with E-state index in [0.717, 1.165) is 5.56 Å². The molecule has 0 spiro atoms. The third-order valence-electron chi connectivity index (χ3n) is 11.7. The first kappa shape index (κ1) is 49.1. The summed E-state index contributed by atoms with van der Waals surface area (Å²) in [6, 6.07) is 10.1. The third kappa shape index (κ3) is 25.7. The van der Waals surface area contributed by atoms with Crippen LogP contribution in [-0.2, 0) is 0 Å². The third-order valence-corrected chi connectivity index (χ3v) is 11.7. The van der Waals surface area contributed by atoms with Crippen LogP contribution >= 0.6 is 0 Å². The normalized spacial score (nSPS) is 12.4. The van der Waals surface area contributed by atoms with Crippen molar-refractivity contribution >= 4 is 0 Å². The van der Waals surface area contributed by atoms with Gasteiger partial charge in [0.25, 0.3) is 0 Å². The van der Waals surface area contributed by atoms with E-state index in [4.69, 9.17) is 5.11 Å². The van der Waals surface area contributed by atoms with Gasteiger partial charge in [0.1, 0.15) is 11.5 Å². The number of phenolic OH excluding ortho intramolecular Hbond substituents is 2. The molecule has 0 fully saturated rings. The van der Waals surface area contributed by atoms with E-state index in [2.05, 4.69) is 46.8 Å². The van der Waals surface area contributed by atoms with Gasteiger partial charge in [0.15, 0.2) is 0 Å². The van der Waals surface area contributed by atoms with Gasteiger partial charge in [-0.3, -0.25) is 0 Å². The maximum absolute atomic E-state index is 11.3. The maximum Gasteiger partial charge on any atom is 0.122 e. The number of hydrogen-bond acceptors (Lipinski definition) is 2. The Morgan fingerprint density at radius 2 is 0.698 bits per heavy atom. The van der Waals surface area contributed by atoms with Gasteiger partial charge in [-0.05, 0) is 68.2 Å². The molecule has 0 saturated carbocycles. The lowest BCUT2D eigenvalue weighted by molar-refractivity contribution is 0.441. The van der Waals surface area contributed by atoms with Crippen LogP contribution < -0.4 is 0 Å². The van der Waals surface area contributed by atoms with Crippen molar-refractivity contribution in [1.29, 1.82) is 0 Å². The Morgan fingerprint density at radius 3 is 0.981 bits per heavy atom. The van der Waals surface area contributed by atoms with Crippen molar-refractivity contribution in [2.45, 2.75) is 253 Å². The minimum Gasteiger partial charge on any atom is -0.508 e. The molecule has 53 heavy (non-hydrogen) atoms. The van der Waals surface area contributed by atoms with Gasteiger partial charge < -0.3 is 10.2 Å². The lowest BCUT2D eigenvalue weighted by Crippen LogP contribution is -2.02. The first-order valence-corrected chi connectivity index (χ1v) is 23.3. The van der Waals surface area contributed by atoms with Gasteiger partial charge in [0, 0.05) is 0 Å². The van der Waals surface area contributed by atoms with E-state index in [1.54, 1.807) is 6.07 Å². The molecule has 0 bridgehead atoms. The molecule has 2 heteroatoms. The molecule has 2 aromatic rings. The lowest BCUT2D eigenvalue weighted by Gasteiger charge is -2.21. The fourth-order valence-corrected chi connectivity index (χ4v) is 7.99. The first-order valence-electron chi connectivity index (χ1n) is 23.3. The highest BCUT2D eigenvalue weighted by atomic mass is 16.3. The zero-order chi connectivity index (χ0) is 38.9. The fourth-order valence-electron chi connectivity index (χ4n) is 7.99. The van der Waals surface area contributed by atoms with Crippen molar-refractivity contribution in [1.82, 2.24) is 0 Å². The molecular formula is C51H90O2. The summed E-state index contributed by atoms with van der Waals surface area (Å²) in [6.45, 7) is 15.4. The molecule has 0 aliphatic heterocycles. The summed E-state index contributed by atoms with van der Waals surface area (Å²) >= 11 is 0. The molecular weight excluding hydrogens is 645 g/mol. The summed E-state index contributed by atoms with van der Waals surface area (Å²) < 4.78 is 0. The van der Waals surface area contributed by atoms with Crippen LogP contribution in [0.3, 0.4) is 0 Å². The van der Waals surface area contributed by atoms with Gasteiger partial charge in [-0.1, -0.05) is 243 Å². The molecule has 2 unspecified atom stereocenters. The highest BCUT2D eigenvalue weighted by Crippen LogP contribution is 2.38. The van der Waals surface area contributed by atoms with Gasteiger partial charge in [-0.2, -0.15) is 0 Å². The van der Waals surface area contributed by atoms with Crippen molar-refractivity contribution in [2.75, 3.05) is 0 Å². The number of aryl methyl sites for hydroxylation is 3. The Hall–Kier alpha value is -1.96. The van der Waals surface area contributed by atoms with Crippen LogP contribution in [0.15, 0.2) is 30.3 Å². The lowest BCUT2D eigenvalue weighted by atomic mass is 9.86. The first-order chi connectivity index (χ1) is 25.7. The van der Waals surface area contributed by atoms with E-state index in [1.165, 1.54) is 215 Å². The molecule has 2 atom stereocenters. The Balaban J connectivity index is 0.00000135. The van der Waals surface area contributed by atoms with Crippen molar-refractivity contribution in [3.05, 3.63) is 58.1 Å². The summed E-state index contributed by atoms with van der Waals surface area (Å²) in [5.74, 6) is 1.87. The molecule has 0 amide bonds. The van der Waals surface area contributed by atoms with Gasteiger partial charge in [-0.25, -0.2) is 0 Å². The molecule has 0 saturated heterocycles. The zero-order valence-corrected chi connectivity index (χ0v) is 36.6. The molecule has 2 N–H and O–H groups in total. The van der Waals surface area contributed by atoms with Crippen LogP contribution in [0.2, 0.25) is 0 Å². The van der Waals surface area contributed by atoms with Gasteiger partial charge in [-0.15, -0.1) is 0 Å². The molecule has 0 aliphatic rings. The minimum absolute atomic E-state index is 0.376. The zero-order valence-electron chi connectivity index (χ0n) is 36.6. The van der Waals surface area contributed by atoms with Gasteiger partial charge in [0.05, 0.1) is 0 Å². The maximum atomic E-state index is 11.3. The van der Waals surface area contributed by atoms with Crippen molar-refractivity contribution in [3.63, 3.8) is 0 Å². The van der Waals surface area contributed by atoms with E-state index in [-0.39, 0.29) is 0 Å². The largest absolute Gasteiger partial charge is 0.508 e. The van der Waals surface area contributed by atoms with Crippen LogP contribution in [-0.4, -0.2) is 10.2 Å². The summed E-state index contributed by atoms with van der Waals surface area (Å²) in [6.07, 6.45) is 41.9. The second kappa shape index (κ2) is 33.4. The Kier molecular flexibility index (Phi) is 30.9. The minimum atomic E-state index is 0.376. The summed E-state index contributed by atoms with van der Waals surface area (Å²) in [5, 5.41) is 20.3. The summed E-state index contributed by atoms with van der Waals surface area (Å²) in [7, 11) is 0. The number of phenols is 2. The van der Waals surface area contributed by atoms with Gasteiger partial charge in [0.2, 0.25) is 0 Å². The average molecular weight is 735 g/mol. The molecule has 0 heterocycles. The van der Waals surface area contributed by atoms with E-state index < -0.39 is 0 Å². The SMILES string of the molecule is CCCCCCCCCCCCCCCCC(C)c1cc(C)cc(C(C)CCCCCCCCCCCCCCCC)c1O.Cc1ccc(O)c(C)c1. The molecule has 306 valence electrons. The fraction of sp³-hybridized carbons (Fsp3) is 0.765. The number of unbranched alkanes of at least 4 members (excludes halogenated alkanes) is 26. The Bertz CT molecular complexity index is 1060. The Labute approximate surface area is 331 Å². The predicted octanol–water partition coefficient (Wildman–Crippen LogP) is 17.7. The van der Waals surface area contributed by atoms with E-state index >= 15 is 0 Å². The monoisotopic (exact) mass is 735 g/mol. The number of hydrogen-bond donors (Lipinski definition) is 2. The molecule has 0 radical (unpaired) electrons. The smallest absolute Gasteiger partial charge is 0.122 e. The predicted molar refractivity (Wildman–Crippen MR) is 237 cm³/mol. The molecule has 2 nitrogen and oxygen atoms in total. The average Bonchev–Trinajstić information content (AvgIpc) is 3.14. The van der Waals surface area contributed by atoms with Crippen LogP contribution in [0, 0.1) is 20.8 Å². The highest BCUT2D eigenvalue weighted by molar-refractivity contribution is 5.46. The van der Waals surface area contributed by atoms with Crippen LogP contribution in [0.4, 0.5) is 0 Å². The summed E-state index contributed by atoms with van der Waals surface area (Å²) in [4.78, 5) is 0. The van der Waals surface area contributed by atoms with Crippen LogP contribution in [0.1, 0.15) is 260 Å². The molecule has 0 aliphatic carbocycles. The standard InChI is InChI=1S/C43H80O.C8H10O/c1-6-8-10-12-14-16-18-20-22-24-26-28-30-32-34-39(4)41-36-38(3)37-42(43(41)44)40(5)35-33-31-29-27-25-23-21-19-17-15-13-11-9-7-2;1-6-3-4-8(9)7(2)5-6/h36-37,39-40,44H,6-35H2,1-5H3;3-5,9H,1-2H3. The van der Waals surface area contributed by atoms with Crippen LogP contribution in [0.25, 0.3) is 0 Å². The number of rotatable bonds is 32. The second-order valence-electron chi connectivity index (χ2n) is 17.2. The number of aromatic hydroxyl groups is 2. The van der Waals surface area contributed by atoms with Crippen molar-refractivity contribution in [3.8, 4) is 11.5 Å². The van der Waals surface area contributed by atoms with Crippen molar-refractivity contribution in [2.24, 2.45) is 0 Å². The quantitative estimate of drug-likeness (QED) is 0.0735. The second-order valence-corrected chi connectivity index (χ2v) is 17.2. The molecule has 0 aromatic heterocycles. The van der Waals surface area contributed by atoms with E-state index in [1.807, 2.05) is 26.0 Å². The van der Waals surface area contributed by atoms with Crippen LogP contribution in [0.5, 0.6) is 11.5 Å². The van der Waals surface area contributed by atoms with E-state index in [9.17, 15) is 5.11 Å². The summed E-state index contributed by atoms with van der Waals surface area (Å²) in [5.41, 5.74) is 5.83. The topological polar surface area (TPSA) is 40.5 Å². The van der Waals surface area contributed by atoms with E-state index in [0.29, 0.717) is 23.3 Å². The number of benzene rings is 2. The van der Waals surface area contributed by atoms with Crippen molar-refractivity contribution < 1.29 is 10.2 Å².